The summed E-state index contributed by atoms with van der Waals surface area (Å²) in [5, 5.41) is 3.27. The van der Waals surface area contributed by atoms with Gasteiger partial charge in [-0.1, -0.05) is 49.9 Å². The average molecular weight is 485 g/mol. The zero-order chi connectivity index (χ0) is 18.1. The molecule has 0 saturated heterocycles. The lowest BCUT2D eigenvalue weighted by molar-refractivity contribution is -0.176. The van der Waals surface area contributed by atoms with E-state index in [1.165, 1.54) is 25.7 Å². The Labute approximate surface area is 169 Å². The lowest BCUT2D eigenvalue weighted by Gasteiger charge is -2.16. The highest BCUT2D eigenvalue weighted by atomic mass is 127. The van der Waals surface area contributed by atoms with Gasteiger partial charge >= 0.3 is 6.18 Å². The maximum absolute atomic E-state index is 12.1. The Kier molecular flexibility index (Phi) is 10.3. The number of benzene rings is 1. The van der Waals surface area contributed by atoms with E-state index < -0.39 is 12.8 Å². The van der Waals surface area contributed by atoms with E-state index in [0.717, 1.165) is 18.4 Å². The molecule has 4 nitrogen and oxygen atoms in total. The highest BCUT2D eigenvalue weighted by Crippen LogP contribution is 2.17. The quantitative estimate of drug-likeness (QED) is 0.270. The molecule has 0 unspecified atom stereocenters. The predicted molar refractivity (Wildman–Crippen MR) is 108 cm³/mol. The Bertz CT molecular complexity index is 559. The lowest BCUT2D eigenvalue weighted by atomic mass is 10.1. The standard InChI is InChI=1S/C18H26F3N3O.HI/c19-18(20,21)13-25-12-15-7-5-6-14(10-15)11-23-17(22)24-16-8-3-1-2-4-9-16;/h5-7,10,16H,1-4,8-9,11-13H2,(H3,22,23,24);1H. The summed E-state index contributed by atoms with van der Waals surface area (Å²) in [6.45, 7) is -0.931. The molecule has 1 aliphatic rings. The van der Waals surface area contributed by atoms with Crippen LogP contribution in [0.1, 0.15) is 49.7 Å². The van der Waals surface area contributed by atoms with Crippen molar-refractivity contribution in [1.82, 2.24) is 5.32 Å². The summed E-state index contributed by atoms with van der Waals surface area (Å²) in [5.74, 6) is 0.422. The molecule has 0 heterocycles. The van der Waals surface area contributed by atoms with Gasteiger partial charge in [-0.15, -0.1) is 24.0 Å². The summed E-state index contributed by atoms with van der Waals surface area (Å²) < 4.78 is 41.0. The third-order valence-electron chi connectivity index (χ3n) is 4.17. The summed E-state index contributed by atoms with van der Waals surface area (Å²) in [6, 6.07) is 7.56. The maximum Gasteiger partial charge on any atom is 0.411 e. The summed E-state index contributed by atoms with van der Waals surface area (Å²) in [5.41, 5.74) is 7.53. The van der Waals surface area contributed by atoms with E-state index in [9.17, 15) is 13.2 Å². The maximum atomic E-state index is 12.1. The largest absolute Gasteiger partial charge is 0.411 e. The van der Waals surface area contributed by atoms with Gasteiger partial charge in [0.25, 0.3) is 0 Å². The van der Waals surface area contributed by atoms with Crippen molar-refractivity contribution in [2.75, 3.05) is 6.61 Å². The Morgan fingerprint density at radius 2 is 1.81 bits per heavy atom. The molecule has 1 aromatic rings. The molecule has 0 spiro atoms. The van der Waals surface area contributed by atoms with E-state index in [-0.39, 0.29) is 30.6 Å². The van der Waals surface area contributed by atoms with Crippen molar-refractivity contribution in [1.29, 1.82) is 0 Å². The van der Waals surface area contributed by atoms with Crippen LogP contribution in [-0.4, -0.2) is 24.8 Å². The number of nitrogens with one attached hydrogen (secondary N) is 1. The van der Waals surface area contributed by atoms with Crippen molar-refractivity contribution in [3.05, 3.63) is 35.4 Å². The molecule has 2 rings (SSSR count). The van der Waals surface area contributed by atoms with Gasteiger partial charge in [0.1, 0.15) is 6.61 Å². The fourth-order valence-corrected chi connectivity index (χ4v) is 2.96. The molecular formula is C18H27F3IN3O. The topological polar surface area (TPSA) is 59.6 Å². The minimum Gasteiger partial charge on any atom is -0.370 e. The normalized spacial score (nSPS) is 16.7. The van der Waals surface area contributed by atoms with E-state index in [1.54, 1.807) is 18.2 Å². The fourth-order valence-electron chi connectivity index (χ4n) is 2.96. The molecule has 0 bridgehead atoms. The number of hydrogen-bond donors (Lipinski definition) is 2. The molecule has 3 N–H and O–H groups in total. The van der Waals surface area contributed by atoms with Crippen LogP contribution in [-0.2, 0) is 17.9 Å². The van der Waals surface area contributed by atoms with Gasteiger partial charge in [0, 0.05) is 6.04 Å². The number of alkyl halides is 3. The van der Waals surface area contributed by atoms with Gasteiger partial charge < -0.3 is 15.8 Å². The van der Waals surface area contributed by atoms with E-state index in [0.29, 0.717) is 24.1 Å². The molecule has 1 saturated carbocycles. The molecule has 1 fully saturated rings. The Hall–Kier alpha value is -1.03. The Morgan fingerprint density at radius 1 is 1.15 bits per heavy atom. The van der Waals surface area contributed by atoms with Crippen LogP contribution in [0.4, 0.5) is 13.2 Å². The van der Waals surface area contributed by atoms with Crippen molar-refractivity contribution in [3.8, 4) is 0 Å². The molecule has 8 heteroatoms. The molecule has 26 heavy (non-hydrogen) atoms. The van der Waals surface area contributed by atoms with Gasteiger partial charge in [-0.05, 0) is 24.0 Å². The number of hydrogen-bond acceptors (Lipinski definition) is 2. The molecule has 1 aromatic carbocycles. The van der Waals surface area contributed by atoms with Gasteiger partial charge in [-0.2, -0.15) is 13.2 Å². The van der Waals surface area contributed by atoms with Crippen LogP contribution in [0, 0.1) is 0 Å². The molecule has 148 valence electrons. The van der Waals surface area contributed by atoms with Crippen molar-refractivity contribution in [2.45, 2.75) is 63.9 Å². The molecular weight excluding hydrogens is 458 g/mol. The first kappa shape index (κ1) is 23.0. The Morgan fingerprint density at radius 3 is 2.46 bits per heavy atom. The second-order valence-corrected chi connectivity index (χ2v) is 6.46. The van der Waals surface area contributed by atoms with Crippen molar-refractivity contribution < 1.29 is 17.9 Å². The summed E-state index contributed by atoms with van der Waals surface area (Å²) in [4.78, 5) is 4.34. The third-order valence-corrected chi connectivity index (χ3v) is 4.17. The fraction of sp³-hybridized carbons (Fsp3) is 0.611. The number of halogens is 4. The zero-order valence-corrected chi connectivity index (χ0v) is 17.1. The third kappa shape index (κ3) is 9.61. The first-order chi connectivity index (χ1) is 11.9. The minimum atomic E-state index is -4.31. The SMILES string of the molecule is I.NC(=NCc1cccc(COCC(F)(F)F)c1)NC1CCCCCC1. The number of guanidine groups is 1. The monoisotopic (exact) mass is 485 g/mol. The highest BCUT2D eigenvalue weighted by molar-refractivity contribution is 14.0. The summed E-state index contributed by atoms with van der Waals surface area (Å²) >= 11 is 0. The second kappa shape index (κ2) is 11.6. The lowest BCUT2D eigenvalue weighted by Crippen LogP contribution is -2.39. The van der Waals surface area contributed by atoms with Crippen LogP contribution in [0.15, 0.2) is 29.3 Å². The van der Waals surface area contributed by atoms with Gasteiger partial charge in [-0.3, -0.25) is 0 Å². The highest BCUT2D eigenvalue weighted by Gasteiger charge is 2.27. The molecule has 0 radical (unpaired) electrons. The number of aliphatic imine (C=N–C) groups is 1. The molecule has 0 amide bonds. The van der Waals surface area contributed by atoms with Crippen LogP contribution in [0.2, 0.25) is 0 Å². The van der Waals surface area contributed by atoms with Gasteiger partial charge in [0.15, 0.2) is 5.96 Å². The molecule has 0 atom stereocenters. The molecule has 1 aliphatic carbocycles. The van der Waals surface area contributed by atoms with E-state index in [4.69, 9.17) is 5.73 Å². The van der Waals surface area contributed by atoms with Crippen molar-refractivity contribution >= 4 is 29.9 Å². The summed E-state index contributed by atoms with van der Waals surface area (Å²) in [7, 11) is 0. The Balaban J connectivity index is 0.00000338. The molecule has 0 aromatic heterocycles. The van der Waals surface area contributed by atoms with E-state index in [2.05, 4.69) is 15.0 Å². The minimum absolute atomic E-state index is 0. The smallest absolute Gasteiger partial charge is 0.370 e. The number of nitrogens with zero attached hydrogens (tertiary/aromatic N) is 1. The number of nitrogens with two attached hydrogens (primary N) is 1. The zero-order valence-electron chi connectivity index (χ0n) is 14.7. The van der Waals surface area contributed by atoms with Crippen molar-refractivity contribution in [3.63, 3.8) is 0 Å². The number of rotatable bonds is 6. The predicted octanol–water partition coefficient (Wildman–Crippen LogP) is 4.51. The van der Waals surface area contributed by atoms with Crippen LogP contribution in [0.5, 0.6) is 0 Å². The van der Waals surface area contributed by atoms with Gasteiger partial charge in [-0.25, -0.2) is 4.99 Å². The van der Waals surface area contributed by atoms with Crippen LogP contribution >= 0.6 is 24.0 Å². The number of ether oxygens (including phenoxy) is 1. The summed E-state index contributed by atoms with van der Waals surface area (Å²) in [6.07, 6.45) is 2.90. The van der Waals surface area contributed by atoms with Crippen molar-refractivity contribution in [2.24, 2.45) is 10.7 Å². The van der Waals surface area contributed by atoms with Gasteiger partial charge in [0.05, 0.1) is 13.2 Å². The van der Waals surface area contributed by atoms with E-state index >= 15 is 0 Å². The molecule has 0 aliphatic heterocycles. The van der Waals surface area contributed by atoms with Crippen LogP contribution < -0.4 is 11.1 Å². The average Bonchev–Trinajstić information content (AvgIpc) is 2.81. The van der Waals surface area contributed by atoms with Crippen LogP contribution in [0.25, 0.3) is 0 Å². The second-order valence-electron chi connectivity index (χ2n) is 6.46. The van der Waals surface area contributed by atoms with E-state index in [1.807, 2.05) is 6.07 Å². The van der Waals surface area contributed by atoms with Crippen LogP contribution in [0.3, 0.4) is 0 Å². The van der Waals surface area contributed by atoms with Gasteiger partial charge in [0.2, 0.25) is 0 Å². The first-order valence-electron chi connectivity index (χ1n) is 8.71. The first-order valence-corrected chi connectivity index (χ1v) is 8.71.